The van der Waals surface area contributed by atoms with E-state index < -0.39 is 21.0 Å². The minimum Gasteiger partial charge on any atom is -0.238 e. The lowest BCUT2D eigenvalue weighted by molar-refractivity contribution is 0.455. The zero-order valence-electron chi connectivity index (χ0n) is 4.87. The second-order valence-electron chi connectivity index (χ2n) is 1.85. The van der Waals surface area contributed by atoms with Gasteiger partial charge in [0.15, 0.2) is 0 Å². The topological polar surface area (TPSA) is 23.8 Å². The molecule has 0 spiro atoms. The Hall–Kier alpha value is -0.503. The van der Waals surface area contributed by atoms with Crippen LogP contribution in [0.1, 0.15) is 6.92 Å². The lowest BCUT2D eigenvalue weighted by Crippen LogP contribution is -2.17. The van der Waals surface area contributed by atoms with Crippen LogP contribution in [0.25, 0.3) is 0 Å². The van der Waals surface area contributed by atoms with Gasteiger partial charge in [0.05, 0.1) is 6.07 Å². The Morgan fingerprint density at radius 2 is 2.00 bits per heavy atom. The molecule has 1 unspecified atom stereocenters. The van der Waals surface area contributed by atoms with Crippen molar-refractivity contribution in [3.05, 3.63) is 0 Å². The fourth-order valence-corrected chi connectivity index (χ4v) is 1.18. The first-order valence-corrected chi connectivity index (χ1v) is 4.26. The first-order valence-electron chi connectivity index (χ1n) is 2.42. The van der Waals surface area contributed by atoms with E-state index in [2.05, 4.69) is 0 Å². The number of nitrogens with zero attached hydrogens (tertiary/aromatic N) is 1. The van der Waals surface area contributed by atoms with Gasteiger partial charge in [-0.05, 0) is 6.92 Å². The van der Waals surface area contributed by atoms with Crippen LogP contribution in [0.2, 0.25) is 6.04 Å². The van der Waals surface area contributed by atoms with Crippen LogP contribution in [-0.2, 0) is 0 Å². The van der Waals surface area contributed by atoms with Gasteiger partial charge in [0, 0.05) is 12.0 Å². The molecule has 0 N–H and O–H groups in total. The van der Waals surface area contributed by atoms with Crippen LogP contribution in [0.4, 0.5) is 12.3 Å². The molecule has 0 aliphatic heterocycles. The van der Waals surface area contributed by atoms with E-state index in [0.29, 0.717) is 0 Å². The standard InChI is InChI=1S/C4H6F3NSi/c1-4(2-8)3-9(5,6)7/h4H,3H2,1H3. The quantitative estimate of drug-likeness (QED) is 0.439. The molecular weight excluding hydrogens is 147 g/mol. The molecule has 0 aliphatic carbocycles. The van der Waals surface area contributed by atoms with E-state index >= 15 is 0 Å². The molecule has 0 saturated heterocycles. The predicted octanol–water partition coefficient (Wildman–Crippen LogP) is 1.99. The maximum atomic E-state index is 11.5. The summed E-state index contributed by atoms with van der Waals surface area (Å²) in [5, 5.41) is 7.97. The maximum absolute atomic E-state index is 11.5. The van der Waals surface area contributed by atoms with Crippen LogP contribution in [0.15, 0.2) is 0 Å². The molecule has 0 saturated carbocycles. The second kappa shape index (κ2) is 2.87. The Morgan fingerprint density at radius 3 is 2.11 bits per heavy atom. The Kier molecular flexibility index (Phi) is 2.71. The lowest BCUT2D eigenvalue weighted by Gasteiger charge is -2.01. The molecule has 0 aromatic rings. The van der Waals surface area contributed by atoms with Gasteiger partial charge in [0.1, 0.15) is 0 Å². The van der Waals surface area contributed by atoms with Gasteiger partial charge < -0.3 is 0 Å². The number of hydrogen-bond donors (Lipinski definition) is 0. The van der Waals surface area contributed by atoms with Crippen molar-refractivity contribution in [3.8, 4) is 6.07 Å². The molecular formula is C4H6F3NSi. The zero-order valence-corrected chi connectivity index (χ0v) is 5.87. The average molecular weight is 153 g/mol. The second-order valence-corrected chi connectivity index (χ2v) is 3.49. The van der Waals surface area contributed by atoms with Gasteiger partial charge in [0.2, 0.25) is 0 Å². The normalized spacial score (nSPS) is 14.6. The van der Waals surface area contributed by atoms with Crippen LogP contribution in [0, 0.1) is 17.2 Å². The van der Waals surface area contributed by atoms with Crippen LogP contribution in [-0.4, -0.2) is 9.08 Å². The van der Waals surface area contributed by atoms with E-state index in [0.717, 1.165) is 0 Å². The molecule has 0 aromatic heterocycles. The fourth-order valence-electron chi connectivity index (χ4n) is 0.393. The number of hydrogen-bond acceptors (Lipinski definition) is 1. The van der Waals surface area contributed by atoms with Crippen molar-refractivity contribution >= 4 is 9.08 Å². The third-order valence-corrected chi connectivity index (χ3v) is 1.83. The predicted molar refractivity (Wildman–Crippen MR) is 28.7 cm³/mol. The monoisotopic (exact) mass is 153 g/mol. The van der Waals surface area contributed by atoms with Gasteiger partial charge in [0.25, 0.3) is 0 Å². The van der Waals surface area contributed by atoms with E-state index in [-0.39, 0.29) is 0 Å². The van der Waals surface area contributed by atoms with Gasteiger partial charge in [-0.15, -0.1) is 0 Å². The highest BCUT2D eigenvalue weighted by Gasteiger charge is 2.38. The smallest absolute Gasteiger partial charge is 0.238 e. The minimum absolute atomic E-state index is 0.864. The summed E-state index contributed by atoms with van der Waals surface area (Å²) < 4.78 is 34.4. The molecule has 0 bridgehead atoms. The van der Waals surface area contributed by atoms with E-state index in [9.17, 15) is 12.3 Å². The van der Waals surface area contributed by atoms with Crippen LogP contribution >= 0.6 is 0 Å². The van der Waals surface area contributed by atoms with Crippen molar-refractivity contribution in [2.75, 3.05) is 0 Å². The highest BCUT2D eigenvalue weighted by molar-refractivity contribution is 6.58. The molecule has 0 aromatic carbocycles. The van der Waals surface area contributed by atoms with Crippen molar-refractivity contribution in [2.24, 2.45) is 5.92 Å². The maximum Gasteiger partial charge on any atom is 0.617 e. The summed E-state index contributed by atoms with van der Waals surface area (Å²) in [5.74, 6) is -0.864. The first kappa shape index (κ1) is 8.50. The van der Waals surface area contributed by atoms with Gasteiger partial charge in [-0.25, -0.2) is 12.3 Å². The summed E-state index contributed by atoms with van der Waals surface area (Å²) in [7, 11) is -5.46. The zero-order chi connectivity index (χ0) is 7.49. The molecule has 0 heterocycles. The molecule has 0 rings (SSSR count). The van der Waals surface area contributed by atoms with E-state index in [1.807, 2.05) is 0 Å². The molecule has 52 valence electrons. The highest BCUT2D eigenvalue weighted by atomic mass is 28.5. The SMILES string of the molecule is CC(C#N)C[Si](F)(F)F. The fraction of sp³-hybridized carbons (Fsp3) is 0.750. The van der Waals surface area contributed by atoms with Crippen molar-refractivity contribution in [1.82, 2.24) is 0 Å². The van der Waals surface area contributed by atoms with Gasteiger partial charge in [-0.1, -0.05) is 0 Å². The molecule has 0 radical (unpaired) electrons. The third-order valence-electron chi connectivity index (χ3n) is 0.758. The van der Waals surface area contributed by atoms with Crippen molar-refractivity contribution < 1.29 is 12.3 Å². The van der Waals surface area contributed by atoms with Gasteiger partial charge in [-0.2, -0.15) is 5.26 Å². The van der Waals surface area contributed by atoms with Crippen LogP contribution in [0.5, 0.6) is 0 Å². The number of nitriles is 1. The molecule has 1 nitrogen and oxygen atoms in total. The summed E-state index contributed by atoms with van der Waals surface area (Å²) >= 11 is 0. The first-order chi connectivity index (χ1) is 3.95. The Balaban J connectivity index is 3.63. The van der Waals surface area contributed by atoms with Crippen LogP contribution in [0.3, 0.4) is 0 Å². The Labute approximate surface area is 52.6 Å². The van der Waals surface area contributed by atoms with Gasteiger partial charge >= 0.3 is 9.08 Å². The molecule has 0 aliphatic rings. The van der Waals surface area contributed by atoms with Gasteiger partial charge in [-0.3, -0.25) is 0 Å². The number of rotatable bonds is 2. The van der Waals surface area contributed by atoms with Crippen LogP contribution < -0.4 is 0 Å². The molecule has 0 fully saturated rings. The molecule has 5 heteroatoms. The summed E-state index contributed by atoms with van der Waals surface area (Å²) in [4.78, 5) is 0. The van der Waals surface area contributed by atoms with E-state index in [1.165, 1.54) is 13.0 Å². The molecule has 9 heavy (non-hydrogen) atoms. The summed E-state index contributed by atoms with van der Waals surface area (Å²) in [5.41, 5.74) is 0. The lowest BCUT2D eigenvalue weighted by atomic mass is 10.3. The Bertz CT molecular complexity index is 125. The van der Waals surface area contributed by atoms with E-state index in [1.54, 1.807) is 0 Å². The Morgan fingerprint density at radius 1 is 1.56 bits per heavy atom. The third kappa shape index (κ3) is 5.37. The van der Waals surface area contributed by atoms with Crippen molar-refractivity contribution in [1.29, 1.82) is 5.26 Å². The summed E-state index contributed by atoms with van der Waals surface area (Å²) in [6.45, 7) is 1.28. The summed E-state index contributed by atoms with van der Waals surface area (Å²) in [6.07, 6.45) is 0. The minimum atomic E-state index is -5.46. The van der Waals surface area contributed by atoms with Crippen molar-refractivity contribution in [2.45, 2.75) is 13.0 Å². The average Bonchev–Trinajstić information content (AvgIpc) is 1.62. The summed E-state index contributed by atoms with van der Waals surface area (Å²) in [6, 6.07) is 0.665. The van der Waals surface area contributed by atoms with Crippen molar-refractivity contribution in [3.63, 3.8) is 0 Å². The largest absolute Gasteiger partial charge is 0.617 e. The molecule has 0 amide bonds. The highest BCUT2D eigenvalue weighted by Crippen LogP contribution is 2.19. The molecule has 1 atom stereocenters. The number of halogens is 3. The van der Waals surface area contributed by atoms with E-state index in [4.69, 9.17) is 5.26 Å².